The molecule has 35 heavy (non-hydrogen) atoms. The number of unbranched alkanes of at least 4 members (excludes halogenated alkanes) is 1. The summed E-state index contributed by atoms with van der Waals surface area (Å²) in [6.45, 7) is 3.68. The molecule has 3 aromatic rings. The van der Waals surface area contributed by atoms with E-state index in [0.717, 1.165) is 33.2 Å². The van der Waals surface area contributed by atoms with E-state index in [1.165, 1.54) is 0 Å². The molecule has 0 aliphatic rings. The van der Waals surface area contributed by atoms with Crippen molar-refractivity contribution in [2.45, 2.75) is 45.6 Å². The van der Waals surface area contributed by atoms with Crippen molar-refractivity contribution >= 4 is 24.6 Å². The molecular weight excluding hydrogens is 467 g/mol. The first-order chi connectivity index (χ1) is 16.8. The van der Waals surface area contributed by atoms with Crippen molar-refractivity contribution in [2.75, 3.05) is 19.8 Å². The van der Waals surface area contributed by atoms with Gasteiger partial charge in [-0.05, 0) is 55.4 Å². The number of phosphoric ester groups is 1. The topological polar surface area (TPSA) is 121 Å². The predicted molar refractivity (Wildman–Crippen MR) is 134 cm³/mol. The lowest BCUT2D eigenvalue weighted by Crippen LogP contribution is -2.26. The van der Waals surface area contributed by atoms with Gasteiger partial charge in [0.05, 0.1) is 24.6 Å². The second kappa shape index (κ2) is 12.9. The number of hydrogen-bond acceptors (Lipinski definition) is 7. The summed E-state index contributed by atoms with van der Waals surface area (Å²) in [4.78, 5) is 28.9. The molecule has 1 aromatic heterocycles. The van der Waals surface area contributed by atoms with E-state index in [-0.39, 0.29) is 25.5 Å². The van der Waals surface area contributed by atoms with Crippen LogP contribution in [-0.4, -0.2) is 41.9 Å². The highest BCUT2D eigenvalue weighted by molar-refractivity contribution is 7.45. The molecule has 0 fully saturated rings. The number of para-hydroxylation sites is 1. The van der Waals surface area contributed by atoms with Crippen molar-refractivity contribution in [2.24, 2.45) is 0 Å². The van der Waals surface area contributed by atoms with Crippen LogP contribution in [0.4, 0.5) is 0 Å². The third-order valence-electron chi connectivity index (χ3n) is 5.34. The minimum Gasteiger partial charge on any atom is -0.756 e. The van der Waals surface area contributed by atoms with Crippen LogP contribution in [0.3, 0.4) is 0 Å². The zero-order valence-electron chi connectivity index (χ0n) is 20.1. The molecule has 0 radical (unpaired) electrons. The van der Waals surface area contributed by atoms with Gasteiger partial charge < -0.3 is 24.4 Å². The molecule has 1 heterocycles. The molecule has 9 heteroatoms. The molecule has 0 spiro atoms. The van der Waals surface area contributed by atoms with E-state index in [1.807, 2.05) is 48.5 Å². The molecular formula is C26H32N2O6P-. The number of hydrogen-bond donors (Lipinski definition) is 2. The Morgan fingerprint density at radius 1 is 1.11 bits per heavy atom. The van der Waals surface area contributed by atoms with Crippen LogP contribution in [0.15, 0.2) is 54.7 Å². The monoisotopic (exact) mass is 499 g/mol. The summed E-state index contributed by atoms with van der Waals surface area (Å²) in [5, 5.41) is 13.3. The summed E-state index contributed by atoms with van der Waals surface area (Å²) in [5.41, 5.74) is 4.54. The quantitative estimate of drug-likeness (QED) is 0.271. The van der Waals surface area contributed by atoms with Gasteiger partial charge in [0.15, 0.2) is 0 Å². The maximum absolute atomic E-state index is 12.7. The van der Waals surface area contributed by atoms with E-state index in [4.69, 9.17) is 9.05 Å². The number of amides is 1. The largest absolute Gasteiger partial charge is 0.756 e. The number of carbonyl (C=O) groups excluding carboxylic acids is 1. The Bertz CT molecular complexity index is 1170. The maximum Gasteiger partial charge on any atom is 0.268 e. The Labute approximate surface area is 205 Å². The highest BCUT2D eigenvalue weighted by atomic mass is 31.2. The lowest BCUT2D eigenvalue weighted by molar-refractivity contribution is -0.228. The lowest BCUT2D eigenvalue weighted by Gasteiger charge is -2.24. The first-order valence-electron chi connectivity index (χ1n) is 11.8. The first-order valence-corrected chi connectivity index (χ1v) is 13.2. The second-order valence-electron chi connectivity index (χ2n) is 8.48. The number of aliphatic hydroxyl groups is 1. The summed E-state index contributed by atoms with van der Waals surface area (Å²) < 4.78 is 21.1. The van der Waals surface area contributed by atoms with Gasteiger partial charge in [0.2, 0.25) is 5.91 Å². The SMILES string of the molecule is CC(C)OP(=O)([O-])OCCCCNC(=O)Cc1cnc2c(CCO)cccc2c1-c1ccccc1. The Hall–Kier alpha value is -2.61. The van der Waals surface area contributed by atoms with Gasteiger partial charge in [-0.25, -0.2) is 0 Å². The molecule has 188 valence electrons. The molecule has 0 saturated heterocycles. The fraction of sp³-hybridized carbons (Fsp3) is 0.385. The molecule has 3 rings (SSSR count). The Morgan fingerprint density at radius 3 is 2.60 bits per heavy atom. The number of benzene rings is 2. The average molecular weight is 500 g/mol. The van der Waals surface area contributed by atoms with Gasteiger partial charge in [-0.15, -0.1) is 0 Å². The maximum atomic E-state index is 12.7. The first kappa shape index (κ1) is 27.0. The van der Waals surface area contributed by atoms with Gasteiger partial charge in [0.25, 0.3) is 7.82 Å². The molecule has 0 saturated carbocycles. The number of fused-ring (bicyclic) bond motifs is 1. The van der Waals surface area contributed by atoms with E-state index < -0.39 is 13.9 Å². The Morgan fingerprint density at radius 2 is 1.89 bits per heavy atom. The van der Waals surface area contributed by atoms with Crippen molar-refractivity contribution in [3.8, 4) is 11.1 Å². The normalized spacial score (nSPS) is 13.2. The van der Waals surface area contributed by atoms with Crippen molar-refractivity contribution < 1.29 is 28.4 Å². The number of phosphoric acid groups is 1. The number of aromatic nitrogens is 1. The van der Waals surface area contributed by atoms with Crippen molar-refractivity contribution in [1.82, 2.24) is 10.3 Å². The van der Waals surface area contributed by atoms with Crippen molar-refractivity contribution in [1.29, 1.82) is 0 Å². The molecule has 0 bridgehead atoms. The molecule has 1 atom stereocenters. The summed E-state index contributed by atoms with van der Waals surface area (Å²) in [7, 11) is -4.28. The number of rotatable bonds is 13. The Balaban J connectivity index is 1.65. The van der Waals surface area contributed by atoms with Gasteiger partial charge in [0.1, 0.15) is 0 Å². The molecule has 1 unspecified atom stereocenters. The number of nitrogens with one attached hydrogen (secondary N) is 1. The zero-order valence-corrected chi connectivity index (χ0v) is 21.0. The number of nitrogens with zero attached hydrogens (tertiary/aromatic N) is 1. The average Bonchev–Trinajstić information content (AvgIpc) is 2.81. The van der Waals surface area contributed by atoms with Gasteiger partial charge in [-0.3, -0.25) is 14.3 Å². The summed E-state index contributed by atoms with van der Waals surface area (Å²) in [5.74, 6) is -0.145. The molecule has 2 aromatic carbocycles. The predicted octanol–water partition coefficient (Wildman–Crippen LogP) is 3.79. The minimum absolute atomic E-state index is 0.00624. The molecule has 0 aliphatic heterocycles. The standard InChI is InChI=1S/C26H33N2O6P/c1-19(2)34-35(31,32)33-16-7-6-14-27-24(30)17-22-18-28-26-21(13-15-29)11-8-12-23(26)25(22)20-9-4-3-5-10-20/h3-5,8-12,18-19,29H,6-7,13-17H2,1-2H3,(H,27,30)(H,31,32)/p-1. The van der Waals surface area contributed by atoms with Gasteiger partial charge in [0, 0.05) is 24.7 Å². The van der Waals surface area contributed by atoms with Crippen LogP contribution in [0.25, 0.3) is 22.0 Å². The summed E-state index contributed by atoms with van der Waals surface area (Å²) in [6.07, 6.45) is 2.97. The van der Waals surface area contributed by atoms with Crippen LogP contribution in [0.2, 0.25) is 0 Å². The third-order valence-corrected chi connectivity index (χ3v) is 6.52. The van der Waals surface area contributed by atoms with E-state index in [0.29, 0.717) is 25.8 Å². The summed E-state index contributed by atoms with van der Waals surface area (Å²) in [6, 6.07) is 15.8. The second-order valence-corrected chi connectivity index (χ2v) is 9.84. The third kappa shape index (κ3) is 7.95. The highest BCUT2D eigenvalue weighted by Crippen LogP contribution is 2.39. The summed E-state index contributed by atoms with van der Waals surface area (Å²) >= 11 is 0. The van der Waals surface area contributed by atoms with Crippen LogP contribution in [0, 0.1) is 0 Å². The number of aliphatic hydroxyl groups excluding tert-OH is 1. The van der Waals surface area contributed by atoms with Crippen LogP contribution in [0.1, 0.15) is 37.8 Å². The van der Waals surface area contributed by atoms with Gasteiger partial charge >= 0.3 is 0 Å². The zero-order chi connectivity index (χ0) is 25.3. The van der Waals surface area contributed by atoms with Crippen LogP contribution < -0.4 is 10.2 Å². The molecule has 8 nitrogen and oxygen atoms in total. The number of carbonyl (C=O) groups is 1. The Kier molecular flexibility index (Phi) is 9.95. The molecule has 2 N–H and O–H groups in total. The smallest absolute Gasteiger partial charge is 0.268 e. The lowest BCUT2D eigenvalue weighted by atomic mass is 9.93. The van der Waals surface area contributed by atoms with E-state index in [9.17, 15) is 19.4 Å². The fourth-order valence-corrected chi connectivity index (χ4v) is 4.81. The number of pyridine rings is 1. The highest BCUT2D eigenvalue weighted by Gasteiger charge is 2.16. The van der Waals surface area contributed by atoms with Crippen LogP contribution >= 0.6 is 7.82 Å². The van der Waals surface area contributed by atoms with Gasteiger partial charge in [-0.2, -0.15) is 0 Å². The van der Waals surface area contributed by atoms with Gasteiger partial charge in [-0.1, -0.05) is 48.5 Å². The van der Waals surface area contributed by atoms with Crippen molar-refractivity contribution in [3.63, 3.8) is 0 Å². The molecule has 0 aliphatic carbocycles. The fourth-order valence-electron chi connectivity index (χ4n) is 3.88. The van der Waals surface area contributed by atoms with E-state index in [1.54, 1.807) is 20.0 Å². The van der Waals surface area contributed by atoms with E-state index in [2.05, 4.69) is 10.3 Å². The van der Waals surface area contributed by atoms with Crippen LogP contribution in [-0.2, 0) is 31.2 Å². The minimum atomic E-state index is -4.28. The molecule has 1 amide bonds. The van der Waals surface area contributed by atoms with E-state index >= 15 is 0 Å². The van der Waals surface area contributed by atoms with Crippen LogP contribution in [0.5, 0.6) is 0 Å². The van der Waals surface area contributed by atoms with Crippen molar-refractivity contribution in [3.05, 3.63) is 65.9 Å².